The normalized spacial score (nSPS) is 11.9. The molecule has 0 aliphatic carbocycles. The van der Waals surface area contributed by atoms with Crippen molar-refractivity contribution in [2.24, 2.45) is 0 Å². The number of hydrogen-bond donors (Lipinski definition) is 1. The highest BCUT2D eigenvalue weighted by atomic mass is 16.5. The third-order valence-corrected chi connectivity index (χ3v) is 2.29. The van der Waals surface area contributed by atoms with Crippen molar-refractivity contribution in [3.05, 3.63) is 23.9 Å². The number of nitrogens with zero attached hydrogens (tertiary/aromatic N) is 1. The highest BCUT2D eigenvalue weighted by molar-refractivity contribution is 5.96. The van der Waals surface area contributed by atoms with Crippen molar-refractivity contribution in [3.8, 4) is 5.88 Å². The summed E-state index contributed by atoms with van der Waals surface area (Å²) in [4.78, 5) is 15.9. The summed E-state index contributed by atoms with van der Waals surface area (Å²) in [5.74, 6) is 0.261. The van der Waals surface area contributed by atoms with Crippen molar-refractivity contribution in [1.29, 1.82) is 0 Å². The summed E-state index contributed by atoms with van der Waals surface area (Å²) in [6.45, 7) is 6.36. The minimum atomic E-state index is -0.133. The molecule has 0 aromatic carbocycles. The van der Waals surface area contributed by atoms with E-state index in [9.17, 15) is 4.79 Å². The van der Waals surface area contributed by atoms with Gasteiger partial charge in [0.05, 0.1) is 6.61 Å². The van der Waals surface area contributed by atoms with Gasteiger partial charge in [0.1, 0.15) is 5.56 Å². The van der Waals surface area contributed by atoms with Gasteiger partial charge in [-0.15, -0.1) is 0 Å². The van der Waals surface area contributed by atoms with Gasteiger partial charge in [0.2, 0.25) is 5.88 Å². The Morgan fingerprint density at radius 1 is 1.56 bits per heavy atom. The maximum atomic E-state index is 11.9. The van der Waals surface area contributed by atoms with Gasteiger partial charge in [0.25, 0.3) is 5.91 Å². The molecule has 0 aliphatic heterocycles. The minimum absolute atomic E-state index is 0.133. The second kappa shape index (κ2) is 6.10. The van der Waals surface area contributed by atoms with Crippen LogP contribution >= 0.6 is 0 Å². The zero-order valence-electron chi connectivity index (χ0n) is 9.99. The maximum Gasteiger partial charge on any atom is 0.256 e. The number of pyridine rings is 1. The van der Waals surface area contributed by atoms with Crippen LogP contribution in [0.3, 0.4) is 0 Å². The summed E-state index contributed by atoms with van der Waals surface area (Å²) in [6.07, 6.45) is 2.51. The largest absolute Gasteiger partial charge is 0.477 e. The molecule has 1 aromatic rings. The molecule has 1 aromatic heterocycles. The lowest BCUT2D eigenvalue weighted by Crippen LogP contribution is -2.32. The molecule has 88 valence electrons. The van der Waals surface area contributed by atoms with Gasteiger partial charge in [-0.25, -0.2) is 4.98 Å². The zero-order chi connectivity index (χ0) is 12.0. The van der Waals surface area contributed by atoms with Crippen LogP contribution in [0.15, 0.2) is 18.3 Å². The van der Waals surface area contributed by atoms with Crippen molar-refractivity contribution in [1.82, 2.24) is 10.3 Å². The fourth-order valence-electron chi connectivity index (χ4n) is 1.22. The smallest absolute Gasteiger partial charge is 0.256 e. The predicted octanol–water partition coefficient (Wildman–Crippen LogP) is 2.01. The first-order chi connectivity index (χ1) is 7.69. The summed E-state index contributed by atoms with van der Waals surface area (Å²) < 4.78 is 5.30. The first-order valence-electron chi connectivity index (χ1n) is 5.57. The Hall–Kier alpha value is -1.58. The standard InChI is InChI=1S/C12H18N2O2/c1-4-9(3)14-11(15)10-7-6-8-13-12(10)16-5-2/h6-9H,4-5H2,1-3H3,(H,14,15)/t9-/m1/s1. The van der Waals surface area contributed by atoms with Crippen molar-refractivity contribution in [2.45, 2.75) is 33.2 Å². The Morgan fingerprint density at radius 3 is 2.94 bits per heavy atom. The van der Waals surface area contributed by atoms with Crippen LogP contribution < -0.4 is 10.1 Å². The van der Waals surface area contributed by atoms with Crippen molar-refractivity contribution >= 4 is 5.91 Å². The molecule has 0 fully saturated rings. The molecule has 0 bridgehead atoms. The molecule has 4 nitrogen and oxygen atoms in total. The second-order valence-corrected chi connectivity index (χ2v) is 3.57. The van der Waals surface area contributed by atoms with Crippen LogP contribution in [0.25, 0.3) is 0 Å². The Bertz CT molecular complexity index is 353. The summed E-state index contributed by atoms with van der Waals surface area (Å²) in [5.41, 5.74) is 0.490. The van der Waals surface area contributed by atoms with E-state index in [1.807, 2.05) is 20.8 Å². The van der Waals surface area contributed by atoms with Crippen molar-refractivity contribution in [2.75, 3.05) is 6.61 Å². The Kier molecular flexibility index (Phi) is 4.76. The predicted molar refractivity (Wildman–Crippen MR) is 62.6 cm³/mol. The molecule has 1 heterocycles. The monoisotopic (exact) mass is 222 g/mol. The lowest BCUT2D eigenvalue weighted by molar-refractivity contribution is 0.0934. The van der Waals surface area contributed by atoms with Gasteiger partial charge in [0, 0.05) is 12.2 Å². The van der Waals surface area contributed by atoms with Gasteiger partial charge in [-0.1, -0.05) is 6.92 Å². The first-order valence-corrected chi connectivity index (χ1v) is 5.57. The van der Waals surface area contributed by atoms with Crippen LogP contribution in [0.5, 0.6) is 5.88 Å². The summed E-state index contributed by atoms with van der Waals surface area (Å²) in [6, 6.07) is 3.60. The van der Waals surface area contributed by atoms with Crippen LogP contribution in [0.2, 0.25) is 0 Å². The molecule has 0 unspecified atom stereocenters. The molecule has 4 heteroatoms. The Labute approximate surface area is 96.0 Å². The average Bonchev–Trinajstić information content (AvgIpc) is 2.30. The highest BCUT2D eigenvalue weighted by Crippen LogP contribution is 2.14. The van der Waals surface area contributed by atoms with Gasteiger partial charge < -0.3 is 10.1 Å². The fourth-order valence-corrected chi connectivity index (χ4v) is 1.22. The van der Waals surface area contributed by atoms with Gasteiger partial charge in [-0.05, 0) is 32.4 Å². The molecule has 0 spiro atoms. The number of rotatable bonds is 5. The molecule has 0 radical (unpaired) electrons. The molecule has 1 N–H and O–H groups in total. The molecular formula is C12H18N2O2. The van der Waals surface area contributed by atoms with E-state index in [-0.39, 0.29) is 11.9 Å². The van der Waals surface area contributed by atoms with Crippen molar-refractivity contribution < 1.29 is 9.53 Å². The number of carbonyl (C=O) groups is 1. The first kappa shape index (κ1) is 12.5. The molecular weight excluding hydrogens is 204 g/mol. The molecule has 0 saturated carbocycles. The lowest BCUT2D eigenvalue weighted by atomic mass is 10.2. The minimum Gasteiger partial charge on any atom is -0.477 e. The van der Waals surface area contributed by atoms with E-state index in [1.165, 1.54) is 0 Å². The quantitative estimate of drug-likeness (QED) is 0.829. The van der Waals surface area contributed by atoms with E-state index in [4.69, 9.17) is 4.74 Å². The van der Waals surface area contributed by atoms with Gasteiger partial charge in [0.15, 0.2) is 0 Å². The number of nitrogens with one attached hydrogen (secondary N) is 1. The van der Waals surface area contributed by atoms with Crippen LogP contribution in [-0.4, -0.2) is 23.5 Å². The fraction of sp³-hybridized carbons (Fsp3) is 0.500. The van der Waals surface area contributed by atoms with Crippen molar-refractivity contribution in [3.63, 3.8) is 0 Å². The molecule has 16 heavy (non-hydrogen) atoms. The summed E-state index contributed by atoms with van der Waals surface area (Å²) >= 11 is 0. The van der Waals surface area contributed by atoms with Gasteiger partial charge in [-0.3, -0.25) is 4.79 Å². The summed E-state index contributed by atoms with van der Waals surface area (Å²) in [7, 11) is 0. The number of amides is 1. The Balaban J connectivity index is 2.81. The van der Waals surface area contributed by atoms with Crippen LogP contribution in [0.1, 0.15) is 37.6 Å². The van der Waals surface area contributed by atoms with Gasteiger partial charge >= 0.3 is 0 Å². The second-order valence-electron chi connectivity index (χ2n) is 3.57. The number of aromatic nitrogens is 1. The van der Waals surface area contributed by atoms with Gasteiger partial charge in [-0.2, -0.15) is 0 Å². The average molecular weight is 222 g/mol. The van der Waals surface area contributed by atoms with E-state index < -0.39 is 0 Å². The number of carbonyl (C=O) groups excluding carboxylic acids is 1. The molecule has 1 rings (SSSR count). The van der Waals surface area contributed by atoms with Crippen LogP contribution in [-0.2, 0) is 0 Å². The van der Waals surface area contributed by atoms with Crippen LogP contribution in [0.4, 0.5) is 0 Å². The topological polar surface area (TPSA) is 51.2 Å². The van der Waals surface area contributed by atoms with E-state index >= 15 is 0 Å². The SMILES string of the molecule is CCOc1ncccc1C(=O)N[C@H](C)CC. The lowest BCUT2D eigenvalue weighted by Gasteiger charge is -2.13. The zero-order valence-corrected chi connectivity index (χ0v) is 9.99. The molecule has 1 amide bonds. The molecule has 1 atom stereocenters. The van der Waals surface area contributed by atoms with E-state index in [0.29, 0.717) is 18.1 Å². The maximum absolute atomic E-state index is 11.9. The molecule has 0 aliphatic rings. The molecule has 0 saturated heterocycles. The third kappa shape index (κ3) is 3.22. The van der Waals surface area contributed by atoms with E-state index in [2.05, 4.69) is 10.3 Å². The van der Waals surface area contributed by atoms with E-state index in [1.54, 1.807) is 18.3 Å². The Morgan fingerprint density at radius 2 is 2.31 bits per heavy atom. The summed E-state index contributed by atoms with van der Waals surface area (Å²) in [5, 5.41) is 2.89. The third-order valence-electron chi connectivity index (χ3n) is 2.29. The van der Waals surface area contributed by atoms with E-state index in [0.717, 1.165) is 6.42 Å². The van der Waals surface area contributed by atoms with Crippen LogP contribution in [0, 0.1) is 0 Å². The number of hydrogen-bond acceptors (Lipinski definition) is 3. The highest BCUT2D eigenvalue weighted by Gasteiger charge is 2.14. The number of ether oxygens (including phenoxy) is 1.